The largest absolute Gasteiger partial charge is 0.308 e. The highest BCUT2D eigenvalue weighted by molar-refractivity contribution is 7.90. The summed E-state index contributed by atoms with van der Waals surface area (Å²) in [7, 11) is -2.91. The fourth-order valence-corrected chi connectivity index (χ4v) is 2.61. The van der Waals surface area contributed by atoms with Crippen molar-refractivity contribution >= 4 is 9.84 Å². The lowest BCUT2D eigenvalue weighted by Crippen LogP contribution is -2.32. The van der Waals surface area contributed by atoms with Crippen LogP contribution in [0.1, 0.15) is 19.5 Å². The molecule has 1 unspecified atom stereocenters. The van der Waals surface area contributed by atoms with Crippen molar-refractivity contribution in [3.8, 4) is 0 Å². The van der Waals surface area contributed by atoms with Crippen molar-refractivity contribution in [1.82, 2.24) is 15.1 Å². The van der Waals surface area contributed by atoms with E-state index in [-0.39, 0.29) is 11.8 Å². The average molecular weight is 245 g/mol. The Hall–Kier alpha value is -0.880. The van der Waals surface area contributed by atoms with Crippen LogP contribution in [0.2, 0.25) is 0 Å². The van der Waals surface area contributed by atoms with E-state index in [0.29, 0.717) is 6.54 Å². The maximum atomic E-state index is 11.1. The molecule has 0 saturated carbocycles. The lowest BCUT2D eigenvalue weighted by Gasteiger charge is -2.13. The Bertz CT molecular complexity index is 425. The van der Waals surface area contributed by atoms with E-state index in [2.05, 4.69) is 10.4 Å². The maximum Gasteiger partial charge on any atom is 0.148 e. The molecular formula is C10H19N3O2S. The van der Waals surface area contributed by atoms with Crippen LogP contribution in [-0.2, 0) is 22.9 Å². The Morgan fingerprint density at radius 1 is 1.56 bits per heavy atom. The molecule has 6 heteroatoms. The van der Waals surface area contributed by atoms with Crippen LogP contribution < -0.4 is 5.32 Å². The van der Waals surface area contributed by atoms with Gasteiger partial charge in [-0.15, -0.1) is 0 Å². The van der Waals surface area contributed by atoms with E-state index < -0.39 is 9.84 Å². The van der Waals surface area contributed by atoms with Gasteiger partial charge in [-0.25, -0.2) is 8.42 Å². The Labute approximate surface area is 96.8 Å². The molecule has 92 valence electrons. The summed E-state index contributed by atoms with van der Waals surface area (Å²) in [6, 6.07) is 1.89. The summed E-state index contributed by atoms with van der Waals surface area (Å²) >= 11 is 0. The summed E-state index contributed by atoms with van der Waals surface area (Å²) in [5, 5.41) is 7.32. The fourth-order valence-electron chi connectivity index (χ4n) is 1.59. The van der Waals surface area contributed by atoms with Gasteiger partial charge in [-0.05, 0) is 19.9 Å². The third-order valence-electron chi connectivity index (χ3n) is 2.29. The van der Waals surface area contributed by atoms with E-state index in [4.69, 9.17) is 0 Å². The number of hydrogen-bond acceptors (Lipinski definition) is 4. The molecule has 1 N–H and O–H groups in total. The molecule has 0 radical (unpaired) electrons. The molecule has 0 fully saturated rings. The highest BCUT2D eigenvalue weighted by atomic mass is 32.2. The highest BCUT2D eigenvalue weighted by Crippen LogP contribution is 1.99. The predicted molar refractivity (Wildman–Crippen MR) is 63.9 cm³/mol. The standard InChI is InChI=1S/C10H19N3O2S/c1-4-13-10(5-6-12-13)7-11-9(2)8-16(3,14)15/h5-6,9,11H,4,7-8H2,1-3H3. The van der Waals surface area contributed by atoms with Crippen molar-refractivity contribution in [1.29, 1.82) is 0 Å². The molecule has 0 aliphatic heterocycles. The van der Waals surface area contributed by atoms with Crippen LogP contribution in [0.15, 0.2) is 12.3 Å². The van der Waals surface area contributed by atoms with Crippen LogP contribution >= 0.6 is 0 Å². The Kier molecular flexibility index (Phi) is 4.49. The fraction of sp³-hybridized carbons (Fsp3) is 0.700. The third-order valence-corrected chi connectivity index (χ3v) is 3.39. The van der Waals surface area contributed by atoms with Crippen molar-refractivity contribution in [3.63, 3.8) is 0 Å². The molecular weight excluding hydrogens is 226 g/mol. The van der Waals surface area contributed by atoms with E-state index in [1.807, 2.05) is 24.6 Å². The highest BCUT2D eigenvalue weighted by Gasteiger charge is 2.10. The van der Waals surface area contributed by atoms with Gasteiger partial charge in [-0.2, -0.15) is 5.10 Å². The summed E-state index contributed by atoms with van der Waals surface area (Å²) in [6.07, 6.45) is 3.00. The number of aromatic nitrogens is 2. The number of aryl methyl sites for hydroxylation is 1. The minimum absolute atomic E-state index is 0.0461. The van der Waals surface area contributed by atoms with Gasteiger partial charge in [0.05, 0.1) is 11.4 Å². The van der Waals surface area contributed by atoms with Crippen LogP contribution in [-0.4, -0.2) is 36.2 Å². The van der Waals surface area contributed by atoms with Gasteiger partial charge in [-0.1, -0.05) is 0 Å². The van der Waals surface area contributed by atoms with Gasteiger partial charge in [0.25, 0.3) is 0 Å². The topological polar surface area (TPSA) is 64.0 Å². The van der Waals surface area contributed by atoms with Crippen molar-refractivity contribution < 1.29 is 8.42 Å². The molecule has 0 aromatic carbocycles. The molecule has 0 aliphatic carbocycles. The Morgan fingerprint density at radius 2 is 2.25 bits per heavy atom. The minimum atomic E-state index is -2.91. The first kappa shape index (κ1) is 13.2. The zero-order chi connectivity index (χ0) is 12.2. The molecule has 1 atom stereocenters. The lowest BCUT2D eigenvalue weighted by atomic mass is 10.3. The number of nitrogens with zero attached hydrogens (tertiary/aromatic N) is 2. The number of rotatable bonds is 6. The molecule has 1 rings (SSSR count). The first-order valence-corrected chi connectivity index (χ1v) is 7.40. The zero-order valence-electron chi connectivity index (χ0n) is 9.97. The molecule has 0 amide bonds. The van der Waals surface area contributed by atoms with E-state index in [0.717, 1.165) is 12.2 Å². The summed E-state index contributed by atoms with van der Waals surface area (Å²) in [4.78, 5) is 0. The smallest absolute Gasteiger partial charge is 0.148 e. The van der Waals surface area contributed by atoms with Crippen LogP contribution in [0.25, 0.3) is 0 Å². The molecule has 0 bridgehead atoms. The monoisotopic (exact) mass is 245 g/mol. The first-order chi connectivity index (χ1) is 7.42. The van der Waals surface area contributed by atoms with E-state index >= 15 is 0 Å². The maximum absolute atomic E-state index is 11.1. The van der Waals surface area contributed by atoms with Crippen molar-refractivity contribution in [3.05, 3.63) is 18.0 Å². The van der Waals surface area contributed by atoms with Gasteiger partial charge < -0.3 is 5.32 Å². The lowest BCUT2D eigenvalue weighted by molar-refractivity contribution is 0.532. The van der Waals surface area contributed by atoms with E-state index in [9.17, 15) is 8.42 Å². The average Bonchev–Trinajstić information content (AvgIpc) is 2.59. The molecule has 16 heavy (non-hydrogen) atoms. The first-order valence-electron chi connectivity index (χ1n) is 5.34. The quantitative estimate of drug-likeness (QED) is 0.789. The Balaban J connectivity index is 2.46. The molecule has 1 aromatic heterocycles. The van der Waals surface area contributed by atoms with Gasteiger partial charge in [0.2, 0.25) is 0 Å². The molecule has 5 nitrogen and oxygen atoms in total. The molecule has 0 aliphatic rings. The molecule has 0 spiro atoms. The third kappa shape index (κ3) is 4.32. The van der Waals surface area contributed by atoms with Crippen LogP contribution in [0.5, 0.6) is 0 Å². The van der Waals surface area contributed by atoms with Crippen molar-refractivity contribution in [2.75, 3.05) is 12.0 Å². The molecule has 0 saturated heterocycles. The summed E-state index contributed by atoms with van der Waals surface area (Å²) in [5.41, 5.74) is 1.07. The van der Waals surface area contributed by atoms with Crippen molar-refractivity contribution in [2.45, 2.75) is 33.0 Å². The van der Waals surface area contributed by atoms with Gasteiger partial charge in [0.1, 0.15) is 9.84 Å². The SMILES string of the molecule is CCn1nccc1CNC(C)CS(C)(=O)=O. The second kappa shape index (κ2) is 5.45. The summed E-state index contributed by atoms with van der Waals surface area (Å²) < 4.78 is 24.0. The Morgan fingerprint density at radius 3 is 2.81 bits per heavy atom. The number of hydrogen-bond donors (Lipinski definition) is 1. The van der Waals surface area contributed by atoms with Gasteiger partial charge in [0, 0.05) is 31.6 Å². The normalized spacial score (nSPS) is 13.9. The van der Waals surface area contributed by atoms with Crippen molar-refractivity contribution in [2.24, 2.45) is 0 Å². The minimum Gasteiger partial charge on any atom is -0.308 e. The zero-order valence-corrected chi connectivity index (χ0v) is 10.8. The van der Waals surface area contributed by atoms with E-state index in [1.54, 1.807) is 6.20 Å². The predicted octanol–water partition coefficient (Wildman–Crippen LogP) is 0.426. The molecule has 1 aromatic rings. The van der Waals surface area contributed by atoms with E-state index in [1.165, 1.54) is 6.26 Å². The number of nitrogens with one attached hydrogen (secondary N) is 1. The van der Waals surface area contributed by atoms with Gasteiger partial charge >= 0.3 is 0 Å². The number of sulfone groups is 1. The van der Waals surface area contributed by atoms with Crippen LogP contribution in [0, 0.1) is 0 Å². The summed E-state index contributed by atoms with van der Waals surface area (Å²) in [5.74, 6) is 0.160. The van der Waals surface area contributed by atoms with Gasteiger partial charge in [0.15, 0.2) is 0 Å². The second-order valence-corrected chi connectivity index (χ2v) is 6.20. The van der Waals surface area contributed by atoms with Crippen LogP contribution in [0.3, 0.4) is 0 Å². The molecule has 1 heterocycles. The van der Waals surface area contributed by atoms with Gasteiger partial charge in [-0.3, -0.25) is 4.68 Å². The summed E-state index contributed by atoms with van der Waals surface area (Å²) in [6.45, 7) is 5.36. The van der Waals surface area contributed by atoms with Crippen LogP contribution in [0.4, 0.5) is 0 Å². The second-order valence-electron chi connectivity index (χ2n) is 4.01.